The van der Waals surface area contributed by atoms with Crippen molar-refractivity contribution in [3.8, 4) is 11.8 Å². The molecule has 3 N–H and O–H groups in total. The standard InChI is InChI=1S/C23H22BrN5O4/c1-12-27-22(29(28-12)16-9-15(24)8-7-14(16)10-25)21-19(30)18(26)20-17(32-21)11-31-23(33-20)13-5-3-2-4-6-13/h2-9,17-21,23,30H,11,26H2,1H3. The Morgan fingerprint density at radius 2 is 2.00 bits per heavy atom. The molecule has 10 heteroatoms. The lowest BCUT2D eigenvalue weighted by Crippen LogP contribution is -2.62. The molecule has 6 unspecified atom stereocenters. The second-order valence-electron chi connectivity index (χ2n) is 8.04. The monoisotopic (exact) mass is 511 g/mol. The summed E-state index contributed by atoms with van der Waals surface area (Å²) in [5.41, 5.74) is 8.25. The number of rotatable bonds is 3. The van der Waals surface area contributed by atoms with Gasteiger partial charge in [0.1, 0.15) is 36.3 Å². The van der Waals surface area contributed by atoms with Gasteiger partial charge in [0.15, 0.2) is 12.1 Å². The summed E-state index contributed by atoms with van der Waals surface area (Å²) in [6.45, 7) is 1.98. The quantitative estimate of drug-likeness (QED) is 0.548. The van der Waals surface area contributed by atoms with Crippen LogP contribution < -0.4 is 5.73 Å². The molecule has 170 valence electrons. The van der Waals surface area contributed by atoms with E-state index in [0.29, 0.717) is 22.9 Å². The van der Waals surface area contributed by atoms with Crippen molar-refractivity contribution >= 4 is 15.9 Å². The number of nitriles is 1. The zero-order valence-electron chi connectivity index (χ0n) is 17.7. The molecule has 0 spiro atoms. The largest absolute Gasteiger partial charge is 0.388 e. The van der Waals surface area contributed by atoms with Crippen LogP contribution >= 0.6 is 15.9 Å². The van der Waals surface area contributed by atoms with E-state index in [-0.39, 0.29) is 6.61 Å². The second kappa shape index (κ2) is 8.95. The molecule has 9 nitrogen and oxygen atoms in total. The summed E-state index contributed by atoms with van der Waals surface area (Å²) in [5, 5.41) is 25.2. The molecule has 0 radical (unpaired) electrons. The van der Waals surface area contributed by atoms with Crippen molar-refractivity contribution in [2.24, 2.45) is 5.73 Å². The Hall–Kier alpha value is -2.65. The van der Waals surface area contributed by atoms with Crippen LogP contribution in [0.25, 0.3) is 5.69 Å². The van der Waals surface area contributed by atoms with Crippen molar-refractivity contribution in [2.45, 2.75) is 43.7 Å². The molecule has 5 rings (SSSR count). The number of fused-ring (bicyclic) bond motifs is 1. The highest BCUT2D eigenvalue weighted by molar-refractivity contribution is 9.10. The number of benzene rings is 2. The van der Waals surface area contributed by atoms with Crippen LogP contribution in [0.2, 0.25) is 0 Å². The van der Waals surface area contributed by atoms with Crippen LogP contribution in [0, 0.1) is 18.3 Å². The molecule has 0 bridgehead atoms. The maximum absolute atomic E-state index is 11.1. The van der Waals surface area contributed by atoms with Crippen LogP contribution in [0.5, 0.6) is 0 Å². The highest BCUT2D eigenvalue weighted by Gasteiger charge is 2.49. The fraction of sp³-hybridized carbons (Fsp3) is 0.348. The van der Waals surface area contributed by atoms with Crippen LogP contribution in [0.15, 0.2) is 53.0 Å². The van der Waals surface area contributed by atoms with Gasteiger partial charge >= 0.3 is 0 Å². The average molecular weight is 512 g/mol. The Balaban J connectivity index is 1.45. The number of aliphatic hydroxyl groups excluding tert-OH is 1. The Labute approximate surface area is 198 Å². The van der Waals surface area contributed by atoms with E-state index in [2.05, 4.69) is 32.1 Å². The first-order chi connectivity index (χ1) is 16.0. The van der Waals surface area contributed by atoms with E-state index in [4.69, 9.17) is 19.9 Å². The van der Waals surface area contributed by atoms with Crippen LogP contribution in [0.3, 0.4) is 0 Å². The summed E-state index contributed by atoms with van der Waals surface area (Å²) >= 11 is 3.44. The Morgan fingerprint density at radius 1 is 1.21 bits per heavy atom. The van der Waals surface area contributed by atoms with Crippen LogP contribution in [-0.2, 0) is 14.2 Å². The maximum atomic E-state index is 11.1. The molecular formula is C23H22BrN5O4. The predicted octanol–water partition coefficient (Wildman–Crippen LogP) is 2.45. The molecule has 2 aliphatic rings. The van der Waals surface area contributed by atoms with Gasteiger partial charge in [-0.15, -0.1) is 0 Å². The van der Waals surface area contributed by atoms with Gasteiger partial charge < -0.3 is 25.1 Å². The molecule has 2 aliphatic heterocycles. The summed E-state index contributed by atoms with van der Waals surface area (Å²) in [6.07, 6.45) is -3.64. The first-order valence-electron chi connectivity index (χ1n) is 10.5. The van der Waals surface area contributed by atoms with Crippen LogP contribution in [0.4, 0.5) is 0 Å². The summed E-state index contributed by atoms with van der Waals surface area (Å²) in [5.74, 6) is 0.828. The SMILES string of the molecule is Cc1nc(C2OC3COC(c4ccccc4)OC3C(N)C2O)n(-c2cc(Br)ccc2C#N)n1. The third-order valence-electron chi connectivity index (χ3n) is 5.84. The van der Waals surface area contributed by atoms with Gasteiger partial charge in [0.2, 0.25) is 0 Å². The molecule has 0 aliphatic carbocycles. The molecular weight excluding hydrogens is 490 g/mol. The lowest BCUT2D eigenvalue weighted by molar-refractivity contribution is -0.309. The van der Waals surface area contributed by atoms with Crippen molar-refractivity contribution in [3.63, 3.8) is 0 Å². The number of halogens is 1. The van der Waals surface area contributed by atoms with Gasteiger partial charge in [-0.25, -0.2) is 9.67 Å². The fourth-order valence-corrected chi connectivity index (χ4v) is 4.58. The van der Waals surface area contributed by atoms with Gasteiger partial charge in [-0.3, -0.25) is 0 Å². The summed E-state index contributed by atoms with van der Waals surface area (Å²) in [6, 6.07) is 16.2. The maximum Gasteiger partial charge on any atom is 0.184 e. The van der Waals surface area contributed by atoms with Crippen molar-refractivity contribution in [1.82, 2.24) is 14.8 Å². The molecule has 2 fully saturated rings. The summed E-state index contributed by atoms with van der Waals surface area (Å²) in [7, 11) is 0. The van der Waals surface area contributed by atoms with Gasteiger partial charge in [0.25, 0.3) is 0 Å². The minimum absolute atomic E-state index is 0.245. The van der Waals surface area contributed by atoms with Crippen molar-refractivity contribution in [1.29, 1.82) is 5.26 Å². The number of hydrogen-bond acceptors (Lipinski definition) is 8. The number of aliphatic hydroxyl groups is 1. The molecule has 33 heavy (non-hydrogen) atoms. The van der Waals surface area contributed by atoms with Crippen molar-refractivity contribution in [3.05, 3.63) is 75.8 Å². The van der Waals surface area contributed by atoms with E-state index in [9.17, 15) is 10.4 Å². The van der Waals surface area contributed by atoms with E-state index in [0.717, 1.165) is 10.0 Å². The minimum atomic E-state index is -1.11. The molecule has 3 aromatic rings. The van der Waals surface area contributed by atoms with E-state index >= 15 is 0 Å². The number of aromatic nitrogens is 3. The third kappa shape index (κ3) is 4.08. The molecule has 1 aromatic heterocycles. The normalized spacial score (nSPS) is 29.3. The van der Waals surface area contributed by atoms with E-state index in [1.807, 2.05) is 30.3 Å². The lowest BCUT2D eigenvalue weighted by Gasteiger charge is -2.46. The van der Waals surface area contributed by atoms with E-state index in [1.54, 1.807) is 25.1 Å². The second-order valence-corrected chi connectivity index (χ2v) is 8.96. The highest BCUT2D eigenvalue weighted by atomic mass is 79.9. The van der Waals surface area contributed by atoms with Gasteiger partial charge in [0.05, 0.1) is 23.9 Å². The molecule has 6 atom stereocenters. The number of aryl methyl sites for hydroxylation is 1. The Morgan fingerprint density at radius 3 is 2.76 bits per heavy atom. The van der Waals surface area contributed by atoms with Gasteiger partial charge in [-0.05, 0) is 25.1 Å². The third-order valence-corrected chi connectivity index (χ3v) is 6.33. The lowest BCUT2D eigenvalue weighted by atomic mass is 9.92. The van der Waals surface area contributed by atoms with Crippen molar-refractivity contribution in [2.75, 3.05) is 6.61 Å². The van der Waals surface area contributed by atoms with Gasteiger partial charge in [-0.2, -0.15) is 10.4 Å². The van der Waals surface area contributed by atoms with Gasteiger partial charge in [0, 0.05) is 10.0 Å². The first-order valence-corrected chi connectivity index (χ1v) is 11.3. The number of ether oxygens (including phenoxy) is 3. The molecule has 2 saturated heterocycles. The number of nitrogens with zero attached hydrogens (tertiary/aromatic N) is 4. The number of hydrogen-bond donors (Lipinski definition) is 2. The van der Waals surface area contributed by atoms with E-state index in [1.165, 1.54) is 4.68 Å². The minimum Gasteiger partial charge on any atom is -0.388 e. The number of nitrogens with two attached hydrogens (primary N) is 1. The average Bonchev–Trinajstić information content (AvgIpc) is 3.22. The molecule has 3 heterocycles. The van der Waals surface area contributed by atoms with E-state index < -0.39 is 36.7 Å². The van der Waals surface area contributed by atoms with Crippen LogP contribution in [0.1, 0.15) is 35.2 Å². The Kier molecular flexibility index (Phi) is 6.01. The highest BCUT2D eigenvalue weighted by Crippen LogP contribution is 2.38. The molecule has 0 amide bonds. The Bertz CT molecular complexity index is 1200. The topological polar surface area (TPSA) is 128 Å². The first kappa shape index (κ1) is 22.2. The smallest absolute Gasteiger partial charge is 0.184 e. The van der Waals surface area contributed by atoms with Gasteiger partial charge in [-0.1, -0.05) is 46.3 Å². The predicted molar refractivity (Wildman–Crippen MR) is 120 cm³/mol. The van der Waals surface area contributed by atoms with Crippen LogP contribution in [-0.4, -0.2) is 50.8 Å². The summed E-state index contributed by atoms with van der Waals surface area (Å²) < 4.78 is 20.5. The summed E-state index contributed by atoms with van der Waals surface area (Å²) in [4.78, 5) is 4.51. The zero-order chi connectivity index (χ0) is 23.1. The molecule has 2 aromatic carbocycles. The molecule has 0 saturated carbocycles. The fourth-order valence-electron chi connectivity index (χ4n) is 4.23. The van der Waals surface area contributed by atoms with Crippen molar-refractivity contribution < 1.29 is 19.3 Å². The zero-order valence-corrected chi connectivity index (χ0v) is 19.3.